The lowest BCUT2D eigenvalue weighted by Crippen LogP contribution is -2.54. The molecule has 2 atom stereocenters. The Morgan fingerprint density at radius 2 is 1.72 bits per heavy atom. The number of amides is 1. The summed E-state index contributed by atoms with van der Waals surface area (Å²) in [4.78, 5) is 58.2. The van der Waals surface area contributed by atoms with Crippen molar-refractivity contribution in [3.8, 4) is 5.82 Å². The number of hydrogen-bond donors (Lipinski definition) is 4. The molecule has 3 aromatic heterocycles. The van der Waals surface area contributed by atoms with Gasteiger partial charge in [-0.05, 0) is 99.5 Å². The Balaban J connectivity index is 0.782. The van der Waals surface area contributed by atoms with Crippen molar-refractivity contribution >= 4 is 51.9 Å². The van der Waals surface area contributed by atoms with E-state index in [1.807, 2.05) is 42.5 Å². The number of aromatic nitrogens is 5. The van der Waals surface area contributed by atoms with Gasteiger partial charge >= 0.3 is 0 Å². The van der Waals surface area contributed by atoms with Gasteiger partial charge in [-0.25, -0.2) is 23.7 Å². The molecule has 4 aliphatic heterocycles. The molecule has 0 aliphatic carbocycles. The van der Waals surface area contributed by atoms with Gasteiger partial charge in [-0.1, -0.05) is 18.2 Å². The summed E-state index contributed by atoms with van der Waals surface area (Å²) in [7, 11) is 0. The van der Waals surface area contributed by atoms with Gasteiger partial charge < -0.3 is 35.7 Å². The third-order valence-corrected chi connectivity index (χ3v) is 12.7. The lowest BCUT2D eigenvalue weighted by Gasteiger charge is -2.40. The molecule has 5 aromatic rings. The summed E-state index contributed by atoms with van der Waals surface area (Å²) < 4.78 is 18.7. The van der Waals surface area contributed by atoms with Crippen molar-refractivity contribution in [2.45, 2.75) is 63.1 Å². The molecule has 3 fully saturated rings. The summed E-state index contributed by atoms with van der Waals surface area (Å²) >= 11 is 0. The number of pyridine rings is 1. The highest BCUT2D eigenvalue weighted by molar-refractivity contribution is 5.82. The van der Waals surface area contributed by atoms with E-state index < -0.39 is 11.1 Å². The maximum atomic E-state index is 15.4. The predicted molar refractivity (Wildman–Crippen MR) is 233 cm³/mol. The number of rotatable bonds is 9. The molecule has 4 N–H and O–H groups in total. The van der Waals surface area contributed by atoms with Crippen molar-refractivity contribution in [2.75, 3.05) is 72.8 Å². The Labute approximate surface area is 353 Å². The molecule has 3 saturated heterocycles. The Hall–Kier alpha value is -6.13. The first kappa shape index (κ1) is 40.3. The summed E-state index contributed by atoms with van der Waals surface area (Å²) in [6, 6.07) is 18.7. The van der Waals surface area contributed by atoms with Crippen LogP contribution in [-0.2, 0) is 21.7 Å². The van der Waals surface area contributed by atoms with Crippen LogP contribution in [0.15, 0.2) is 83.8 Å². The van der Waals surface area contributed by atoms with Crippen LogP contribution >= 0.6 is 0 Å². The summed E-state index contributed by atoms with van der Waals surface area (Å²) in [6.45, 7) is 8.66. The van der Waals surface area contributed by atoms with Crippen LogP contribution in [0.1, 0.15) is 51.1 Å². The average molecular weight is 830 g/mol. The number of aliphatic hydroxyl groups is 1. The number of anilines is 5. The highest BCUT2D eigenvalue weighted by Gasteiger charge is 2.35. The minimum absolute atomic E-state index is 0.0813. The van der Waals surface area contributed by atoms with E-state index in [1.165, 1.54) is 6.07 Å². The lowest BCUT2D eigenvalue weighted by molar-refractivity contribution is -0.124. The predicted octanol–water partition coefficient (Wildman–Crippen LogP) is 4.72. The fraction of sp³-hybridized carbons (Fsp3) is 0.422. The van der Waals surface area contributed by atoms with E-state index in [0.717, 1.165) is 76.3 Å². The number of nitrogens with one attached hydrogen (secondary N) is 3. The number of piperidine rings is 2. The van der Waals surface area contributed by atoms with Gasteiger partial charge in [-0.15, -0.1) is 0 Å². The maximum Gasteiger partial charge on any atom is 0.278 e. The van der Waals surface area contributed by atoms with E-state index in [0.29, 0.717) is 71.6 Å². The van der Waals surface area contributed by atoms with Gasteiger partial charge in [0.1, 0.15) is 28.6 Å². The Kier molecular flexibility index (Phi) is 11.0. The molecule has 1 unspecified atom stereocenters. The summed E-state index contributed by atoms with van der Waals surface area (Å²) in [5.41, 5.74) is 1.77. The van der Waals surface area contributed by atoms with Gasteiger partial charge in [0.2, 0.25) is 11.9 Å². The van der Waals surface area contributed by atoms with Gasteiger partial charge in [0.05, 0.1) is 17.9 Å². The molecule has 2 aromatic carbocycles. The first-order valence-corrected chi connectivity index (χ1v) is 21.3. The number of carbonyl (C=O) groups is 2. The van der Waals surface area contributed by atoms with Crippen LogP contribution < -0.4 is 31.3 Å². The molecule has 0 radical (unpaired) electrons. The second-order valence-electron chi connectivity index (χ2n) is 17.0. The van der Waals surface area contributed by atoms with Gasteiger partial charge in [-0.3, -0.25) is 14.5 Å². The number of halogens is 1. The highest BCUT2D eigenvalue weighted by atomic mass is 19.1. The molecular formula is C45H52FN11O4. The Morgan fingerprint density at radius 1 is 0.934 bits per heavy atom. The molecule has 318 valence electrons. The first-order valence-electron chi connectivity index (χ1n) is 21.3. The van der Waals surface area contributed by atoms with E-state index >= 15 is 4.39 Å². The number of nitrogens with zero attached hydrogens (tertiary/aromatic N) is 8. The SMILES string of the molecule is C[C@@]1(O)CC/C=C\Cn2c(=O)c3cnc(Nc4ccc(N5CCN(CC6CCN(c7ccc(NC8(C=O)CCC(=O)NC8)cc7F)CC6)CC5)cc4)nc3n2-c2cccc1n2. The van der Waals surface area contributed by atoms with Crippen molar-refractivity contribution in [3.05, 3.63) is 101 Å². The zero-order valence-electron chi connectivity index (χ0n) is 34.4. The summed E-state index contributed by atoms with van der Waals surface area (Å²) in [5, 5.41) is 20.7. The maximum absolute atomic E-state index is 15.4. The van der Waals surface area contributed by atoms with Crippen molar-refractivity contribution < 1.29 is 19.1 Å². The number of hydrogen-bond acceptors (Lipinski definition) is 12. The fourth-order valence-electron chi connectivity index (χ4n) is 9.04. The molecule has 16 heteroatoms. The second kappa shape index (κ2) is 16.7. The molecule has 7 heterocycles. The van der Waals surface area contributed by atoms with Crippen LogP contribution in [0.25, 0.3) is 16.9 Å². The van der Waals surface area contributed by atoms with Gasteiger partial charge in [-0.2, -0.15) is 4.98 Å². The monoisotopic (exact) mass is 829 g/mol. The summed E-state index contributed by atoms with van der Waals surface area (Å²) in [5.74, 6) is 0.996. The van der Waals surface area contributed by atoms with Crippen LogP contribution in [-0.4, -0.2) is 104 Å². The quantitative estimate of drug-likeness (QED) is 0.120. The van der Waals surface area contributed by atoms with Gasteiger partial charge in [0.25, 0.3) is 5.56 Å². The second-order valence-corrected chi connectivity index (χ2v) is 17.0. The molecule has 0 saturated carbocycles. The molecule has 15 nitrogen and oxygen atoms in total. The molecule has 4 aliphatic rings. The van der Waals surface area contributed by atoms with Crippen molar-refractivity contribution in [1.29, 1.82) is 0 Å². The lowest BCUT2D eigenvalue weighted by atomic mass is 9.91. The minimum Gasteiger partial charge on any atom is -0.384 e. The van der Waals surface area contributed by atoms with E-state index in [9.17, 15) is 19.5 Å². The average Bonchev–Trinajstić information content (AvgIpc) is 3.54. The van der Waals surface area contributed by atoms with Crippen LogP contribution in [0.2, 0.25) is 0 Å². The third-order valence-electron chi connectivity index (χ3n) is 12.7. The zero-order chi connectivity index (χ0) is 42.1. The molecular weight excluding hydrogens is 778 g/mol. The first-order chi connectivity index (χ1) is 29.6. The largest absolute Gasteiger partial charge is 0.384 e. The van der Waals surface area contributed by atoms with Gasteiger partial charge in [0.15, 0.2) is 11.5 Å². The topological polar surface area (TPSA) is 166 Å². The van der Waals surface area contributed by atoms with E-state index in [2.05, 4.69) is 47.8 Å². The number of allylic oxidation sites excluding steroid dienone is 2. The molecule has 9 rings (SSSR count). The van der Waals surface area contributed by atoms with Crippen molar-refractivity contribution in [2.24, 2.45) is 5.92 Å². The summed E-state index contributed by atoms with van der Waals surface area (Å²) in [6.07, 6.45) is 10.1. The van der Waals surface area contributed by atoms with Crippen LogP contribution in [0.3, 0.4) is 0 Å². The van der Waals surface area contributed by atoms with E-state index in [4.69, 9.17) is 9.97 Å². The highest BCUT2D eigenvalue weighted by Crippen LogP contribution is 2.31. The van der Waals surface area contributed by atoms with E-state index in [-0.39, 0.29) is 30.2 Å². The number of benzene rings is 2. The van der Waals surface area contributed by atoms with Crippen LogP contribution in [0.4, 0.5) is 33.1 Å². The number of fused-ring (bicyclic) bond motifs is 6. The molecule has 0 spiro atoms. The van der Waals surface area contributed by atoms with Crippen molar-refractivity contribution in [3.63, 3.8) is 0 Å². The minimum atomic E-state index is -1.12. The van der Waals surface area contributed by atoms with Crippen LogP contribution in [0, 0.1) is 11.7 Å². The Bertz CT molecular complexity index is 2490. The van der Waals surface area contributed by atoms with E-state index in [1.54, 1.807) is 34.6 Å². The smallest absolute Gasteiger partial charge is 0.278 e. The molecule has 61 heavy (non-hydrogen) atoms. The zero-order valence-corrected chi connectivity index (χ0v) is 34.4. The Morgan fingerprint density at radius 3 is 2.46 bits per heavy atom. The van der Waals surface area contributed by atoms with Crippen molar-refractivity contribution in [1.82, 2.24) is 34.5 Å². The normalized spacial score (nSPS) is 23.2. The van der Waals surface area contributed by atoms with Gasteiger partial charge in [0, 0.05) is 82.0 Å². The number of aldehydes is 1. The van der Waals surface area contributed by atoms with Crippen LogP contribution in [0.5, 0.6) is 0 Å². The number of carbonyl (C=O) groups excluding carboxylic acids is 2. The third kappa shape index (κ3) is 8.46. The molecule has 2 bridgehead atoms. The number of piperazine rings is 1. The fourth-order valence-corrected chi connectivity index (χ4v) is 9.04. The standard InChI is InChI=1S/C45H52FN11O4/c1-44(61)17-3-2-4-19-56-42(60)35-27-47-43(51-41(35)57(56)39-7-5-6-38(44)50-39)49-32-8-11-34(12-9-32)54-24-22-53(23-25-54)28-31-15-20-55(21-16-31)37-13-10-33(26-36(37)46)52-45(30-58)18-14-40(59)48-29-45/h2,4-13,26-27,30-31,52,61H,3,14-25,28-29H2,1H3,(H,48,59)(H,47,49,51)/b4-2-/t44-,45?/m1/s1. The molecule has 1 amide bonds.